The van der Waals surface area contributed by atoms with Crippen LogP contribution in [0.4, 0.5) is 75.0 Å². The molecule has 0 unspecified atom stereocenters. The molecule has 16 aromatic rings. The van der Waals surface area contributed by atoms with Gasteiger partial charge in [-0.1, -0.05) is 179 Å². The highest BCUT2D eigenvalue weighted by Gasteiger charge is 2.26. The zero-order valence-corrected chi connectivity index (χ0v) is 85.3. The summed E-state index contributed by atoms with van der Waals surface area (Å²) in [6.45, 7) is 19.8. The minimum atomic E-state index is -0.345. The molecule has 14 aromatic heterocycles. The smallest absolute Gasteiger partial charge is 0.222 e. The second-order valence-corrected chi connectivity index (χ2v) is 38.3. The van der Waals surface area contributed by atoms with Gasteiger partial charge < -0.3 is 114 Å². The van der Waals surface area contributed by atoms with Gasteiger partial charge in [-0.05, 0) is 143 Å². The van der Waals surface area contributed by atoms with Crippen molar-refractivity contribution in [2.75, 3.05) is 99.3 Å². The summed E-state index contributed by atoms with van der Waals surface area (Å²) in [6, 6.07) is 32.0. The molecule has 0 radical (unpaired) electrons. The van der Waals surface area contributed by atoms with Crippen LogP contribution in [0.15, 0.2) is 150 Å². The minimum absolute atomic E-state index is 0.140. The molecule has 766 valence electrons. The zero-order chi connectivity index (χ0) is 101. The molecule has 2 fully saturated rings. The third-order valence-electron chi connectivity index (χ3n) is 25.8. The predicted molar refractivity (Wildman–Crippen MR) is 581 cm³/mol. The van der Waals surface area contributed by atoms with E-state index >= 15 is 0 Å². The van der Waals surface area contributed by atoms with Crippen LogP contribution < -0.4 is 66.3 Å². The maximum atomic E-state index is 14.4. The molecule has 2 saturated carbocycles. The summed E-state index contributed by atoms with van der Waals surface area (Å²) in [7, 11) is 0. The molecule has 14 heterocycles. The molecule has 143 heavy (non-hydrogen) atoms. The lowest BCUT2D eigenvalue weighted by atomic mass is 9.85. The molecule has 18 rings (SSSR count). The highest BCUT2D eigenvalue weighted by Crippen LogP contribution is 2.36. The lowest BCUT2D eigenvalue weighted by Crippen LogP contribution is -2.23. The number of hydrogen-bond donors (Lipinski definition) is 16. The molecular formula is C104H147FN32O4S2. The second kappa shape index (κ2) is 55.4. The van der Waals surface area contributed by atoms with Gasteiger partial charge in [-0.25, -0.2) is 39.9 Å². The van der Waals surface area contributed by atoms with Crippen molar-refractivity contribution in [2.24, 2.45) is 11.8 Å². The molecule has 36 nitrogen and oxygen atoms in total. The number of aryl methyl sites for hydroxylation is 1. The summed E-state index contributed by atoms with van der Waals surface area (Å²) < 4.78 is 26.9. The maximum absolute atomic E-state index is 14.4. The summed E-state index contributed by atoms with van der Waals surface area (Å²) >= 11 is 3.16. The van der Waals surface area contributed by atoms with Crippen LogP contribution in [0.25, 0.3) is 66.2 Å². The van der Waals surface area contributed by atoms with E-state index in [1.807, 2.05) is 113 Å². The maximum Gasteiger partial charge on any atom is 0.222 e. The van der Waals surface area contributed by atoms with Gasteiger partial charge in [-0.3, -0.25) is 0 Å². The highest BCUT2D eigenvalue weighted by molar-refractivity contribution is 7.07. The van der Waals surface area contributed by atoms with Gasteiger partial charge in [0.15, 0.2) is 40.9 Å². The third-order valence-corrected chi connectivity index (χ3v) is 27.0. The fraction of sp³-hybridized carbons (Fsp3) is 0.481. The number of anilines is 12. The van der Waals surface area contributed by atoms with Crippen molar-refractivity contribution in [2.45, 2.75) is 278 Å². The Morgan fingerprint density at radius 1 is 0.357 bits per heavy atom. The number of fused-ring (bicyclic) bond motifs is 6. The van der Waals surface area contributed by atoms with E-state index in [4.69, 9.17) is 34.4 Å². The molecule has 39 heteroatoms. The molecular weight excluding hydrogens is 1840 g/mol. The summed E-state index contributed by atoms with van der Waals surface area (Å²) in [5, 5.41) is 62.0. The van der Waals surface area contributed by atoms with Crippen molar-refractivity contribution in [1.82, 2.24) is 97.2 Å². The monoisotopic (exact) mass is 1990 g/mol. The Labute approximate surface area is 844 Å². The van der Waals surface area contributed by atoms with E-state index in [1.54, 1.807) is 27.2 Å². The van der Waals surface area contributed by atoms with Gasteiger partial charge in [0.05, 0.1) is 75.1 Å². The topological polar surface area (TPSA) is 519 Å². The fourth-order valence-corrected chi connectivity index (χ4v) is 19.4. The fourth-order valence-electron chi connectivity index (χ4n) is 18.3. The molecule has 4 atom stereocenters. The Bertz CT molecular complexity index is 6470. The van der Waals surface area contributed by atoms with Crippen molar-refractivity contribution in [3.8, 4) is 0 Å². The van der Waals surface area contributed by atoms with Gasteiger partial charge in [0, 0.05) is 131 Å². The predicted octanol–water partition coefficient (Wildman–Crippen LogP) is 18.9. The van der Waals surface area contributed by atoms with E-state index < -0.39 is 0 Å². The van der Waals surface area contributed by atoms with Crippen LogP contribution in [0.3, 0.4) is 0 Å². The molecule has 2 aliphatic carbocycles. The molecule has 0 bridgehead atoms. The number of aliphatic hydroxyl groups excluding tert-OH is 4. The number of nitrogens with zero attached hydrogens (tertiary/aromatic N) is 20. The van der Waals surface area contributed by atoms with Crippen molar-refractivity contribution >= 4 is 159 Å². The van der Waals surface area contributed by atoms with Crippen molar-refractivity contribution in [3.05, 3.63) is 178 Å². The van der Waals surface area contributed by atoms with Crippen LogP contribution in [0.2, 0.25) is 0 Å². The molecule has 0 spiro atoms. The van der Waals surface area contributed by atoms with E-state index in [9.17, 15) is 24.8 Å². The summed E-state index contributed by atoms with van der Waals surface area (Å²) in [5.74, 6) is 7.11. The van der Waals surface area contributed by atoms with E-state index in [2.05, 4.69) is 197 Å². The van der Waals surface area contributed by atoms with Crippen LogP contribution in [0, 0.1) is 17.8 Å². The number of aromatic nitrogens is 20. The minimum Gasteiger partial charge on any atom is -0.396 e. The first-order chi connectivity index (χ1) is 69.8. The summed E-state index contributed by atoms with van der Waals surface area (Å²) in [6.07, 6.45) is 38.5. The average molecular weight is 1990 g/mol. The molecule has 0 aliphatic heterocycles. The number of aliphatic hydroxyl groups is 4. The van der Waals surface area contributed by atoms with E-state index in [0.29, 0.717) is 92.4 Å². The first-order valence-corrected chi connectivity index (χ1v) is 52.9. The lowest BCUT2D eigenvalue weighted by Gasteiger charge is -2.26. The number of thiazole rings is 2. The van der Waals surface area contributed by atoms with Crippen LogP contribution >= 0.6 is 22.7 Å². The molecule has 2 aliphatic rings. The number of halogens is 1. The second-order valence-electron chi connectivity index (χ2n) is 36.9. The first kappa shape index (κ1) is 107. The largest absolute Gasteiger partial charge is 0.396 e. The van der Waals surface area contributed by atoms with Crippen molar-refractivity contribution in [3.63, 3.8) is 0 Å². The molecule has 0 saturated heterocycles. The van der Waals surface area contributed by atoms with Crippen LogP contribution in [0.1, 0.15) is 231 Å². The molecule has 22 N–H and O–H groups in total. The SMILES string of the molecule is CCCCNc1nc(N)nc2cc(F)n(Cc3ccccc3)c12.CCCC[C@@H](CCO)Nc1nc(N)nc2ccn(CC3CCC3)c12.CCCC[C@@H](CCO)Nc1nc(N)nc2ccn(Cc3cscn3)c12.CCCCn1ccc2nc(N)nc(NCc3ccccc3)c21.CCC[C@@H](CCO)Nc1nc(N)nc2ccn(CC3CCCCC3)c12.CCC[C@@H](CCO)Nc1nc(N)nc2ccn(Cc3cscn3)c12. The Hall–Kier alpha value is -13.2. The van der Waals surface area contributed by atoms with Gasteiger partial charge in [-0.2, -0.15) is 34.3 Å². The molecule has 2 aromatic carbocycles. The number of nitrogens with one attached hydrogen (secondary N) is 6. The van der Waals surface area contributed by atoms with Gasteiger partial charge in [0.1, 0.15) is 33.1 Å². The van der Waals surface area contributed by atoms with Crippen LogP contribution in [0.5, 0.6) is 0 Å². The van der Waals surface area contributed by atoms with Gasteiger partial charge in [0.2, 0.25) is 35.7 Å². The van der Waals surface area contributed by atoms with Crippen molar-refractivity contribution in [1.29, 1.82) is 0 Å². The number of unbranched alkanes of at least 4 members (excludes halogenated alkanes) is 4. The van der Waals surface area contributed by atoms with Gasteiger partial charge in [0.25, 0.3) is 0 Å². The number of benzene rings is 2. The van der Waals surface area contributed by atoms with Gasteiger partial charge >= 0.3 is 0 Å². The Kier molecular flexibility index (Phi) is 41.5. The average Bonchev–Trinajstić information content (AvgIpc) is 1.64. The summed E-state index contributed by atoms with van der Waals surface area (Å²) in [5.41, 5.74) is 53.4. The van der Waals surface area contributed by atoms with Gasteiger partial charge in [-0.15, -0.1) is 22.7 Å². The Balaban J connectivity index is 0.000000144. The Morgan fingerprint density at radius 3 is 1.09 bits per heavy atom. The number of nitrogen functional groups attached to an aromatic ring is 6. The Morgan fingerprint density at radius 2 is 0.713 bits per heavy atom. The van der Waals surface area contributed by atoms with Crippen LogP contribution in [-0.2, 0) is 45.8 Å². The van der Waals surface area contributed by atoms with Crippen LogP contribution in [-0.4, -0.2) is 175 Å². The summed E-state index contributed by atoms with van der Waals surface area (Å²) in [4.78, 5) is 61.1. The number of rotatable bonds is 46. The van der Waals surface area contributed by atoms with E-state index in [-0.39, 0.29) is 74.4 Å². The highest BCUT2D eigenvalue weighted by atomic mass is 32.1. The number of nitrogens with two attached hydrogens (primary N) is 6. The quantitative estimate of drug-likeness (QED) is 0.0158. The number of hydrogen-bond acceptors (Lipinski definition) is 32. The standard InChI is InChI=1S/C19H31N5O.C18H29N5O.C17H20FN5.C17H24N6OS.C17H21N5.C16H22N6OS/c1-2-6-15(10-12-25)21-18-17-16(22-19(20)23-18)9-11-24(17)13-14-7-4-3-5-8-14;1-2-3-7-14(9-11-24)20-17-16-15(21-18(19)22-17)8-10-23(16)12-13-5-4-6-13;1-2-3-9-20-16-15-13(21-17(19)22-16)10-14(18)23(15)11-12-7-5-4-6-8-12;1-2-3-4-12(6-8-24)20-16-15-14(21-17(18)22-16)5-7-23(15)9-13-10-25-11-19-13;1-2-3-10-22-11-9-14-15(22)16(21-17(18)20-14)19-12-13-7-5-4-6-8-13;1-2-3-11(5-7-23)19-15-14-13(20-16(17)21-15)4-6-22(14)8-12-9-24-10-18-12/h9,11,14-15,25H,2-8,10,12-13H2,1H3,(H3,20,21,22,23);8,10,13-14,24H,2-7,9,11-12H2,1H3,(H3,19,20,21,22);4-8,10H,2-3,9,11H2,1H3,(H3,19,20,21,22);5,7,10-12,24H,2-4,6,8-9H2,1H3,(H3,18,20,21,22);4-9,11H,2-3,10,12H2,1H3,(H3,18,19,20,21);4,6,9-11,23H,2-3,5,7-8H2,1H3,(H3,17,19,20,21)/t15-;14-;;12-;;11-/m00.0.0/s1. The van der Waals surface area contributed by atoms with Crippen molar-refractivity contribution < 1.29 is 24.8 Å². The van der Waals surface area contributed by atoms with E-state index in [1.165, 1.54) is 63.0 Å². The van der Waals surface area contributed by atoms with E-state index in [0.717, 1.165) is 223 Å². The zero-order valence-electron chi connectivity index (χ0n) is 83.7. The first-order valence-electron chi connectivity index (χ1n) is 51.0. The third kappa shape index (κ3) is 30.7. The normalized spacial score (nSPS) is 13.5. The lowest BCUT2D eigenvalue weighted by molar-refractivity contribution is 0.275. The molecule has 0 amide bonds.